The highest BCUT2D eigenvalue weighted by atomic mass is 35.5. The number of halogens is 1. The fourth-order valence-corrected chi connectivity index (χ4v) is 1.47. The molecule has 0 amide bonds. The van der Waals surface area contributed by atoms with Crippen LogP contribution in [0.3, 0.4) is 0 Å². The Morgan fingerprint density at radius 1 is 1.44 bits per heavy atom. The first-order chi connectivity index (χ1) is 7.66. The van der Waals surface area contributed by atoms with Crippen molar-refractivity contribution in [2.45, 2.75) is 6.54 Å². The molecule has 0 saturated carbocycles. The normalized spacial score (nSPS) is 10.3. The summed E-state index contributed by atoms with van der Waals surface area (Å²) in [6.45, 7) is 0.403. The zero-order chi connectivity index (χ0) is 11.5. The Bertz CT molecular complexity index is 524. The van der Waals surface area contributed by atoms with Crippen LogP contribution in [0.2, 0.25) is 5.02 Å². The van der Waals surface area contributed by atoms with Gasteiger partial charge in [0.05, 0.1) is 12.7 Å². The number of hydrogen-bond acceptors (Lipinski definition) is 3. The molecule has 0 aliphatic heterocycles. The minimum absolute atomic E-state index is 0.0768. The van der Waals surface area contributed by atoms with Gasteiger partial charge in [-0.2, -0.15) is 0 Å². The average Bonchev–Trinajstić information content (AvgIpc) is 2.70. The predicted molar refractivity (Wildman–Crippen MR) is 57.5 cm³/mol. The van der Waals surface area contributed by atoms with E-state index in [1.54, 1.807) is 6.07 Å². The van der Waals surface area contributed by atoms with Crippen LogP contribution in [0.1, 0.15) is 16.1 Å². The lowest BCUT2D eigenvalue weighted by Gasteiger charge is -2.02. The van der Waals surface area contributed by atoms with Gasteiger partial charge in [-0.3, -0.25) is 0 Å². The molecule has 82 valence electrons. The summed E-state index contributed by atoms with van der Waals surface area (Å²) >= 11 is 5.97. The van der Waals surface area contributed by atoms with Crippen LogP contribution in [0.5, 0.6) is 0 Å². The molecular weight excluding hydrogens is 230 g/mol. The van der Waals surface area contributed by atoms with Crippen LogP contribution >= 0.6 is 11.6 Å². The van der Waals surface area contributed by atoms with Gasteiger partial charge in [-0.25, -0.2) is 9.48 Å². The first-order valence-corrected chi connectivity index (χ1v) is 4.91. The van der Waals surface area contributed by atoms with Crippen molar-refractivity contribution in [3.05, 3.63) is 46.7 Å². The molecule has 0 saturated heterocycles. The Hall–Kier alpha value is -1.88. The molecule has 0 aliphatic rings. The van der Waals surface area contributed by atoms with Gasteiger partial charge >= 0.3 is 5.97 Å². The standard InChI is InChI=1S/C10H8ClN3O2/c11-8-4-2-1-3-7(8)5-14-6-9(10(15)16)12-13-14/h1-4,6H,5H2,(H,15,16). The lowest BCUT2D eigenvalue weighted by atomic mass is 10.2. The number of aromatic nitrogens is 3. The first kappa shape index (κ1) is 10.6. The molecule has 6 heteroatoms. The molecule has 0 aliphatic carbocycles. The van der Waals surface area contributed by atoms with E-state index in [0.717, 1.165) is 5.56 Å². The summed E-state index contributed by atoms with van der Waals surface area (Å²) in [5.74, 6) is -1.09. The van der Waals surface area contributed by atoms with Crippen molar-refractivity contribution in [2.75, 3.05) is 0 Å². The molecule has 5 nitrogen and oxygen atoms in total. The average molecular weight is 238 g/mol. The number of rotatable bonds is 3. The third-order valence-electron chi connectivity index (χ3n) is 2.05. The van der Waals surface area contributed by atoms with Crippen molar-refractivity contribution in [1.82, 2.24) is 15.0 Å². The summed E-state index contributed by atoms with van der Waals surface area (Å²) in [5.41, 5.74) is 0.790. The van der Waals surface area contributed by atoms with Crippen molar-refractivity contribution in [2.24, 2.45) is 0 Å². The van der Waals surface area contributed by atoms with Crippen molar-refractivity contribution >= 4 is 17.6 Å². The number of carboxylic acid groups (broad SMARTS) is 1. The second-order valence-corrected chi connectivity index (χ2v) is 3.61. The first-order valence-electron chi connectivity index (χ1n) is 4.53. The van der Waals surface area contributed by atoms with Crippen LogP contribution in [0.15, 0.2) is 30.5 Å². The van der Waals surface area contributed by atoms with Gasteiger partial charge in [0.15, 0.2) is 5.69 Å². The monoisotopic (exact) mass is 237 g/mol. The summed E-state index contributed by atoms with van der Waals surface area (Å²) in [7, 11) is 0. The van der Waals surface area contributed by atoms with Gasteiger partial charge in [0, 0.05) is 5.02 Å². The molecule has 0 atom stereocenters. The summed E-state index contributed by atoms with van der Waals surface area (Å²) in [5, 5.41) is 16.5. The SMILES string of the molecule is O=C(O)c1cn(Cc2ccccc2Cl)nn1. The molecule has 0 bridgehead atoms. The molecule has 2 aromatic rings. The van der Waals surface area contributed by atoms with Gasteiger partial charge in [0.2, 0.25) is 0 Å². The fraction of sp³-hybridized carbons (Fsp3) is 0.100. The van der Waals surface area contributed by atoms with Crippen LogP contribution in [-0.4, -0.2) is 26.1 Å². The van der Waals surface area contributed by atoms with E-state index in [1.807, 2.05) is 18.2 Å². The highest BCUT2D eigenvalue weighted by Crippen LogP contribution is 2.15. The number of aromatic carboxylic acids is 1. The summed E-state index contributed by atoms with van der Waals surface area (Å²) in [6, 6.07) is 7.31. The smallest absolute Gasteiger partial charge is 0.358 e. The molecule has 1 heterocycles. The van der Waals surface area contributed by atoms with E-state index in [2.05, 4.69) is 10.3 Å². The lowest BCUT2D eigenvalue weighted by molar-refractivity contribution is 0.0690. The van der Waals surface area contributed by atoms with Crippen LogP contribution < -0.4 is 0 Å². The van der Waals surface area contributed by atoms with Crippen LogP contribution in [0.4, 0.5) is 0 Å². The van der Waals surface area contributed by atoms with Gasteiger partial charge in [-0.05, 0) is 11.6 Å². The van der Waals surface area contributed by atoms with Gasteiger partial charge in [-0.1, -0.05) is 35.0 Å². The van der Waals surface area contributed by atoms with Crippen LogP contribution in [0, 0.1) is 0 Å². The van der Waals surface area contributed by atoms with Gasteiger partial charge in [0.1, 0.15) is 0 Å². The van der Waals surface area contributed by atoms with E-state index in [4.69, 9.17) is 16.7 Å². The van der Waals surface area contributed by atoms with Crippen LogP contribution in [-0.2, 0) is 6.54 Å². The molecule has 1 aromatic heterocycles. The third-order valence-corrected chi connectivity index (χ3v) is 2.42. The second kappa shape index (κ2) is 4.32. The molecule has 1 aromatic carbocycles. The van der Waals surface area contributed by atoms with Gasteiger partial charge in [-0.15, -0.1) is 5.10 Å². The second-order valence-electron chi connectivity index (χ2n) is 3.20. The number of nitrogens with zero attached hydrogens (tertiary/aromatic N) is 3. The Balaban J connectivity index is 2.21. The van der Waals surface area contributed by atoms with Crippen molar-refractivity contribution in [3.8, 4) is 0 Å². The van der Waals surface area contributed by atoms with E-state index < -0.39 is 5.97 Å². The summed E-state index contributed by atoms with van der Waals surface area (Å²) in [4.78, 5) is 10.6. The maximum atomic E-state index is 10.6. The van der Waals surface area contributed by atoms with E-state index in [1.165, 1.54) is 10.9 Å². The Kier molecular flexibility index (Phi) is 2.87. The zero-order valence-electron chi connectivity index (χ0n) is 8.17. The predicted octanol–water partition coefficient (Wildman–Crippen LogP) is 1.68. The third kappa shape index (κ3) is 2.20. The fourth-order valence-electron chi connectivity index (χ4n) is 1.27. The minimum atomic E-state index is -1.09. The quantitative estimate of drug-likeness (QED) is 0.882. The van der Waals surface area contributed by atoms with Crippen molar-refractivity contribution in [3.63, 3.8) is 0 Å². The zero-order valence-corrected chi connectivity index (χ0v) is 8.92. The van der Waals surface area contributed by atoms with Gasteiger partial charge in [0.25, 0.3) is 0 Å². The van der Waals surface area contributed by atoms with Crippen LogP contribution in [0.25, 0.3) is 0 Å². The van der Waals surface area contributed by atoms with E-state index >= 15 is 0 Å². The Morgan fingerprint density at radius 3 is 2.81 bits per heavy atom. The maximum absolute atomic E-state index is 10.6. The summed E-state index contributed by atoms with van der Waals surface area (Å²) < 4.78 is 1.44. The summed E-state index contributed by atoms with van der Waals surface area (Å²) in [6.07, 6.45) is 1.37. The Labute approximate surface area is 96.3 Å². The Morgan fingerprint density at radius 2 is 2.19 bits per heavy atom. The van der Waals surface area contributed by atoms with Crippen molar-refractivity contribution < 1.29 is 9.90 Å². The molecule has 0 unspecified atom stereocenters. The topological polar surface area (TPSA) is 68.0 Å². The minimum Gasteiger partial charge on any atom is -0.476 e. The van der Waals surface area contributed by atoms with Crippen molar-refractivity contribution in [1.29, 1.82) is 0 Å². The number of carbonyl (C=O) groups is 1. The van der Waals surface area contributed by atoms with E-state index in [0.29, 0.717) is 11.6 Å². The van der Waals surface area contributed by atoms with E-state index in [-0.39, 0.29) is 5.69 Å². The van der Waals surface area contributed by atoms with E-state index in [9.17, 15) is 4.79 Å². The number of hydrogen-bond donors (Lipinski definition) is 1. The highest BCUT2D eigenvalue weighted by molar-refractivity contribution is 6.31. The maximum Gasteiger partial charge on any atom is 0.358 e. The molecule has 2 rings (SSSR count). The molecule has 0 spiro atoms. The largest absolute Gasteiger partial charge is 0.476 e. The van der Waals surface area contributed by atoms with Gasteiger partial charge < -0.3 is 5.11 Å². The lowest BCUT2D eigenvalue weighted by Crippen LogP contribution is -2.01. The molecular formula is C10H8ClN3O2. The molecule has 0 radical (unpaired) electrons. The highest BCUT2D eigenvalue weighted by Gasteiger charge is 2.08. The molecule has 1 N–H and O–H groups in total. The number of carboxylic acids is 1. The number of benzene rings is 1. The molecule has 0 fully saturated rings. The molecule has 16 heavy (non-hydrogen) atoms.